The smallest absolute Gasteiger partial charge is 0.349 e. The van der Waals surface area contributed by atoms with E-state index in [9.17, 15) is 4.79 Å². The Morgan fingerprint density at radius 1 is 1.14 bits per heavy atom. The van der Waals surface area contributed by atoms with Gasteiger partial charge < -0.3 is 18.3 Å². The van der Waals surface area contributed by atoms with Crippen molar-refractivity contribution in [3.8, 4) is 0 Å². The highest BCUT2D eigenvalue weighted by Gasteiger charge is 2.68. The number of hydrogen-bond acceptors (Lipinski definition) is 6. The number of ether oxygens (including phenoxy) is 2. The van der Waals surface area contributed by atoms with Crippen molar-refractivity contribution >= 4 is 31.8 Å². The highest BCUT2D eigenvalue weighted by Crippen LogP contribution is 2.57. The lowest BCUT2D eigenvalue weighted by atomic mass is 9.82. The molecular formula is C20H32ClNO5Si. The van der Waals surface area contributed by atoms with Crippen LogP contribution >= 0.6 is 11.6 Å². The molecule has 8 heteroatoms. The molecule has 0 radical (unpaired) electrons. The third-order valence-corrected chi connectivity index (χ3v) is 11.9. The van der Waals surface area contributed by atoms with Crippen LogP contribution in [-0.2, 0) is 23.1 Å². The lowest BCUT2D eigenvalue weighted by Gasteiger charge is -2.56. The summed E-state index contributed by atoms with van der Waals surface area (Å²) in [5.74, 6) is -0.0489. The normalized spacial score (nSPS) is 39.2. The zero-order valence-corrected chi connectivity index (χ0v) is 19.4. The molecular weight excluding hydrogens is 398 g/mol. The summed E-state index contributed by atoms with van der Waals surface area (Å²) in [5.41, 5.74) is 0.873. The van der Waals surface area contributed by atoms with E-state index in [2.05, 4.69) is 41.5 Å². The predicted molar refractivity (Wildman–Crippen MR) is 109 cm³/mol. The molecule has 158 valence electrons. The fraction of sp³-hybridized carbons (Fsp3) is 0.900. The van der Waals surface area contributed by atoms with Gasteiger partial charge >= 0.3 is 14.5 Å². The average molecular weight is 430 g/mol. The van der Waals surface area contributed by atoms with E-state index in [4.69, 9.17) is 34.9 Å². The second-order valence-corrected chi connectivity index (χ2v) is 15.6. The van der Waals surface area contributed by atoms with Gasteiger partial charge in [0.25, 0.3) is 0 Å². The van der Waals surface area contributed by atoms with Gasteiger partial charge in [-0.2, -0.15) is 0 Å². The van der Waals surface area contributed by atoms with Crippen molar-refractivity contribution in [3.05, 3.63) is 0 Å². The number of nitrogens with zero attached hydrogens (tertiary/aromatic N) is 1. The van der Waals surface area contributed by atoms with Crippen LogP contribution in [0.25, 0.3) is 0 Å². The zero-order chi connectivity index (χ0) is 20.5. The van der Waals surface area contributed by atoms with Crippen LogP contribution in [0.4, 0.5) is 0 Å². The molecule has 0 amide bonds. The third-order valence-electron chi connectivity index (χ3n) is 6.55. The summed E-state index contributed by atoms with van der Waals surface area (Å²) in [6.07, 6.45) is 0.278. The summed E-state index contributed by atoms with van der Waals surface area (Å²) in [4.78, 5) is 17.5. The number of halogens is 1. The minimum Gasteiger partial charge on any atom is -0.459 e. The van der Waals surface area contributed by atoms with E-state index < -0.39 is 8.56 Å². The van der Waals surface area contributed by atoms with Crippen LogP contribution in [0, 0.1) is 11.8 Å². The maximum atomic E-state index is 12.7. The van der Waals surface area contributed by atoms with Gasteiger partial charge in [0.05, 0.1) is 12.5 Å². The maximum absolute atomic E-state index is 12.7. The van der Waals surface area contributed by atoms with Gasteiger partial charge in [0, 0.05) is 21.7 Å². The molecule has 4 aliphatic heterocycles. The summed E-state index contributed by atoms with van der Waals surface area (Å²) in [5, 5.41) is -0.264. The monoisotopic (exact) mass is 429 g/mol. The lowest BCUT2D eigenvalue weighted by molar-refractivity contribution is -0.214. The van der Waals surface area contributed by atoms with Crippen molar-refractivity contribution in [1.82, 2.24) is 0 Å². The Hall–Kier alpha value is -0.473. The van der Waals surface area contributed by atoms with Crippen LogP contribution in [0.5, 0.6) is 0 Å². The Bertz CT molecular complexity index is 671. The molecule has 4 heterocycles. The molecule has 3 saturated heterocycles. The molecule has 0 saturated carbocycles. The van der Waals surface area contributed by atoms with E-state index in [0.717, 1.165) is 12.1 Å². The van der Waals surface area contributed by atoms with Gasteiger partial charge in [-0.05, 0) is 12.8 Å². The summed E-state index contributed by atoms with van der Waals surface area (Å²) in [6.45, 7) is 13.6. The number of carbonyl (C=O) groups is 1. The predicted octanol–water partition coefficient (Wildman–Crippen LogP) is 3.80. The zero-order valence-electron chi connectivity index (χ0n) is 17.7. The van der Waals surface area contributed by atoms with Crippen molar-refractivity contribution in [2.24, 2.45) is 16.8 Å². The van der Waals surface area contributed by atoms with Crippen molar-refractivity contribution in [3.63, 3.8) is 0 Å². The molecule has 0 unspecified atom stereocenters. The standard InChI is InChI=1S/C20H32ClNO5Si/c1-19(2,3)28(20(4,5)6)24-10-12-15(27-28)16-14-13(18(23)26-16)11(8-7-9-21)22-17(14)25-12/h12-17H,7-10H2,1-6H3/t12-,13-,14+,15-,16-,17-/m1/s1. The molecule has 0 aromatic heterocycles. The molecule has 28 heavy (non-hydrogen) atoms. The van der Waals surface area contributed by atoms with Gasteiger partial charge in [0.2, 0.25) is 0 Å². The highest BCUT2D eigenvalue weighted by atomic mass is 35.5. The summed E-state index contributed by atoms with van der Waals surface area (Å²) in [6, 6.07) is 0. The molecule has 0 aromatic carbocycles. The number of carbonyl (C=O) groups excluding carboxylic acids is 1. The first-order valence-electron chi connectivity index (χ1n) is 10.3. The van der Waals surface area contributed by atoms with Crippen molar-refractivity contribution in [1.29, 1.82) is 0 Å². The number of alkyl halides is 1. The Balaban J connectivity index is 1.65. The van der Waals surface area contributed by atoms with E-state index in [1.807, 2.05) is 0 Å². The van der Waals surface area contributed by atoms with Gasteiger partial charge in [-0.15, -0.1) is 11.6 Å². The SMILES string of the molecule is CC(C)(C)[Si]1(C(C)(C)C)OC[C@H]2O[C@H]3N=C(CCCCl)[C@H]4C(=O)O[C@@H]([C@@H]2O1)[C@H]43. The first-order valence-corrected chi connectivity index (χ1v) is 12.7. The quantitative estimate of drug-likeness (QED) is 0.387. The van der Waals surface area contributed by atoms with Gasteiger partial charge in [-0.3, -0.25) is 9.79 Å². The summed E-state index contributed by atoms with van der Waals surface area (Å²) < 4.78 is 25.6. The van der Waals surface area contributed by atoms with Crippen LogP contribution in [0.2, 0.25) is 10.1 Å². The molecule has 0 aliphatic carbocycles. The largest absolute Gasteiger partial charge is 0.459 e. The van der Waals surface area contributed by atoms with Gasteiger partial charge in [0.15, 0.2) is 6.23 Å². The molecule has 0 spiro atoms. The van der Waals surface area contributed by atoms with Crippen LogP contribution in [0.3, 0.4) is 0 Å². The molecule has 0 bridgehead atoms. The summed E-state index contributed by atoms with van der Waals surface area (Å²) >= 11 is 5.85. The Morgan fingerprint density at radius 3 is 2.43 bits per heavy atom. The molecule has 3 fully saturated rings. The molecule has 4 aliphatic rings. The van der Waals surface area contributed by atoms with Gasteiger partial charge in [-0.1, -0.05) is 41.5 Å². The number of fused-ring (bicyclic) bond motifs is 2. The average Bonchev–Trinajstić information content (AvgIpc) is 3.12. The Kier molecular flexibility index (Phi) is 5.03. The van der Waals surface area contributed by atoms with Crippen LogP contribution in [0.15, 0.2) is 4.99 Å². The van der Waals surface area contributed by atoms with Crippen molar-refractivity contribution < 1.29 is 23.1 Å². The topological polar surface area (TPSA) is 66.4 Å². The minimum atomic E-state index is -2.66. The molecule has 6 nitrogen and oxygen atoms in total. The second-order valence-electron chi connectivity index (χ2n) is 10.4. The van der Waals surface area contributed by atoms with Crippen molar-refractivity contribution in [2.45, 2.75) is 89.0 Å². The molecule has 4 rings (SSSR count). The lowest BCUT2D eigenvalue weighted by Crippen LogP contribution is -2.69. The van der Waals surface area contributed by atoms with Crippen molar-refractivity contribution in [2.75, 3.05) is 12.5 Å². The number of esters is 1. The van der Waals surface area contributed by atoms with E-state index >= 15 is 0 Å². The van der Waals surface area contributed by atoms with E-state index in [1.54, 1.807) is 0 Å². The van der Waals surface area contributed by atoms with Crippen LogP contribution in [-0.4, -0.2) is 57.3 Å². The second kappa shape index (κ2) is 6.77. The third kappa shape index (κ3) is 2.92. The van der Waals surface area contributed by atoms with Gasteiger partial charge in [0.1, 0.15) is 24.2 Å². The Morgan fingerprint density at radius 2 is 1.82 bits per heavy atom. The first-order chi connectivity index (χ1) is 13.0. The fourth-order valence-electron chi connectivity index (χ4n) is 5.60. The summed E-state index contributed by atoms with van der Waals surface area (Å²) in [7, 11) is -2.66. The maximum Gasteiger partial charge on any atom is 0.349 e. The minimum absolute atomic E-state index is 0.0937. The number of aliphatic imine (C=N–C) groups is 1. The van der Waals surface area contributed by atoms with Crippen LogP contribution < -0.4 is 0 Å². The Labute approximate surface area is 173 Å². The number of hydrogen-bond donors (Lipinski definition) is 0. The fourth-order valence-corrected chi connectivity index (χ4v) is 10.7. The van der Waals surface area contributed by atoms with Gasteiger partial charge in [-0.25, -0.2) is 0 Å². The van der Waals surface area contributed by atoms with E-state index in [-0.39, 0.29) is 52.4 Å². The van der Waals surface area contributed by atoms with Crippen LogP contribution in [0.1, 0.15) is 54.4 Å². The van der Waals surface area contributed by atoms with E-state index in [1.165, 1.54) is 0 Å². The molecule has 0 N–H and O–H groups in total. The number of rotatable bonds is 3. The molecule has 0 aromatic rings. The molecule has 6 atom stereocenters. The van der Waals surface area contributed by atoms with E-state index in [0.29, 0.717) is 18.9 Å². The highest BCUT2D eigenvalue weighted by molar-refractivity contribution is 6.73. The first kappa shape index (κ1) is 20.8.